The van der Waals surface area contributed by atoms with Crippen molar-refractivity contribution in [3.63, 3.8) is 0 Å². The van der Waals surface area contributed by atoms with Crippen LogP contribution in [0.4, 0.5) is 4.39 Å². The van der Waals surface area contributed by atoms with Crippen LogP contribution in [0.3, 0.4) is 0 Å². The van der Waals surface area contributed by atoms with Gasteiger partial charge in [-0.3, -0.25) is 4.79 Å². The number of rotatable bonds is 5. The van der Waals surface area contributed by atoms with E-state index in [0.29, 0.717) is 0 Å². The summed E-state index contributed by atoms with van der Waals surface area (Å²) in [5, 5.41) is 2.66. The first-order valence-corrected chi connectivity index (χ1v) is 6.68. The standard InChI is InChI=1S/C15H17ClFNO2/c1-15(2,11-16)14(19)18-9-5-6-10-20-13-8-4-3-7-12(13)17/h3-4,7-8H,9-11H2,1-2H3,(H,18,19). The monoisotopic (exact) mass is 297 g/mol. The third-order valence-electron chi connectivity index (χ3n) is 2.55. The lowest BCUT2D eigenvalue weighted by molar-refractivity contribution is -0.128. The zero-order chi connectivity index (χ0) is 15.0. The predicted molar refractivity (Wildman–Crippen MR) is 77.2 cm³/mol. The minimum absolute atomic E-state index is 0.0652. The zero-order valence-corrected chi connectivity index (χ0v) is 12.3. The van der Waals surface area contributed by atoms with Gasteiger partial charge in [-0.2, -0.15) is 0 Å². The molecular formula is C15H17ClFNO2. The number of hydrogen-bond donors (Lipinski definition) is 1. The minimum Gasteiger partial charge on any atom is -0.478 e. The molecule has 0 aliphatic heterocycles. The molecule has 0 bridgehead atoms. The number of para-hydroxylation sites is 1. The lowest BCUT2D eigenvalue weighted by Gasteiger charge is -2.19. The Balaban J connectivity index is 2.31. The molecule has 5 heteroatoms. The highest BCUT2D eigenvalue weighted by Gasteiger charge is 2.25. The van der Waals surface area contributed by atoms with E-state index in [9.17, 15) is 9.18 Å². The average Bonchev–Trinajstić information content (AvgIpc) is 2.44. The van der Waals surface area contributed by atoms with Gasteiger partial charge in [-0.1, -0.05) is 24.0 Å². The highest BCUT2D eigenvalue weighted by molar-refractivity contribution is 6.19. The smallest absolute Gasteiger partial charge is 0.227 e. The van der Waals surface area contributed by atoms with Gasteiger partial charge in [-0.15, -0.1) is 11.6 Å². The third-order valence-corrected chi connectivity index (χ3v) is 3.22. The Kier molecular flexibility index (Phi) is 6.33. The van der Waals surface area contributed by atoms with Crippen molar-refractivity contribution in [1.82, 2.24) is 5.32 Å². The topological polar surface area (TPSA) is 38.3 Å². The number of amides is 1. The third kappa shape index (κ3) is 5.10. The Bertz CT molecular complexity index is 520. The second kappa shape index (κ2) is 7.76. The van der Waals surface area contributed by atoms with Gasteiger partial charge in [0.15, 0.2) is 11.6 Å². The molecule has 0 unspecified atom stereocenters. The summed E-state index contributed by atoms with van der Waals surface area (Å²) in [6, 6.07) is 6.11. The lowest BCUT2D eigenvalue weighted by Crippen LogP contribution is -2.38. The van der Waals surface area contributed by atoms with Gasteiger partial charge >= 0.3 is 0 Å². The van der Waals surface area contributed by atoms with Crippen molar-refractivity contribution in [2.24, 2.45) is 5.41 Å². The number of benzene rings is 1. The van der Waals surface area contributed by atoms with Gasteiger partial charge in [0.1, 0.15) is 6.61 Å². The Labute approximate surface area is 123 Å². The first-order chi connectivity index (χ1) is 9.47. The zero-order valence-electron chi connectivity index (χ0n) is 11.5. The van der Waals surface area contributed by atoms with E-state index in [0.717, 1.165) is 0 Å². The number of halogens is 2. The van der Waals surface area contributed by atoms with Crippen LogP contribution < -0.4 is 10.1 Å². The summed E-state index contributed by atoms with van der Waals surface area (Å²) >= 11 is 5.68. The summed E-state index contributed by atoms with van der Waals surface area (Å²) in [6.07, 6.45) is 0. The van der Waals surface area contributed by atoms with E-state index in [1.165, 1.54) is 12.1 Å². The Hall–Kier alpha value is -1.73. The molecule has 0 fully saturated rings. The lowest BCUT2D eigenvalue weighted by atomic mass is 9.95. The molecule has 0 aromatic heterocycles. The molecule has 20 heavy (non-hydrogen) atoms. The van der Waals surface area contributed by atoms with Crippen LogP contribution in [-0.2, 0) is 4.79 Å². The van der Waals surface area contributed by atoms with E-state index in [2.05, 4.69) is 17.2 Å². The predicted octanol–water partition coefficient (Wildman–Crippen LogP) is 2.59. The van der Waals surface area contributed by atoms with E-state index < -0.39 is 11.2 Å². The molecule has 0 aliphatic rings. The molecule has 1 rings (SSSR count). The van der Waals surface area contributed by atoms with Gasteiger partial charge in [0.25, 0.3) is 0 Å². The summed E-state index contributed by atoms with van der Waals surface area (Å²) in [7, 11) is 0. The molecule has 108 valence electrons. The molecule has 1 aromatic rings. The number of nitrogens with one attached hydrogen (secondary N) is 1. The quantitative estimate of drug-likeness (QED) is 0.670. The Morgan fingerprint density at radius 3 is 2.75 bits per heavy atom. The molecule has 0 atom stereocenters. The van der Waals surface area contributed by atoms with Crippen molar-refractivity contribution >= 4 is 17.5 Å². The van der Waals surface area contributed by atoms with Crippen LogP contribution in [0.15, 0.2) is 24.3 Å². The fourth-order valence-electron chi connectivity index (χ4n) is 1.21. The van der Waals surface area contributed by atoms with E-state index in [1.54, 1.807) is 26.0 Å². The summed E-state index contributed by atoms with van der Waals surface area (Å²) in [5.41, 5.74) is -0.618. The van der Waals surface area contributed by atoms with Crippen LogP contribution in [0.25, 0.3) is 0 Å². The number of alkyl halides is 1. The van der Waals surface area contributed by atoms with Crippen molar-refractivity contribution in [2.75, 3.05) is 19.0 Å². The van der Waals surface area contributed by atoms with Gasteiger partial charge in [-0.05, 0) is 26.0 Å². The largest absolute Gasteiger partial charge is 0.478 e. The van der Waals surface area contributed by atoms with Crippen molar-refractivity contribution in [3.05, 3.63) is 30.1 Å². The van der Waals surface area contributed by atoms with Gasteiger partial charge < -0.3 is 10.1 Å². The number of carbonyl (C=O) groups excluding carboxylic acids is 1. The normalized spacial score (nSPS) is 10.4. The molecule has 0 aliphatic carbocycles. The fourth-order valence-corrected chi connectivity index (χ4v) is 1.33. The Morgan fingerprint density at radius 1 is 1.40 bits per heavy atom. The molecule has 0 saturated heterocycles. The molecule has 1 aromatic carbocycles. The highest BCUT2D eigenvalue weighted by atomic mass is 35.5. The Morgan fingerprint density at radius 2 is 2.10 bits per heavy atom. The summed E-state index contributed by atoms with van der Waals surface area (Å²) in [4.78, 5) is 11.7. The van der Waals surface area contributed by atoms with Crippen molar-refractivity contribution in [2.45, 2.75) is 13.8 Å². The van der Waals surface area contributed by atoms with Crippen LogP contribution in [0, 0.1) is 23.1 Å². The maximum absolute atomic E-state index is 13.2. The molecule has 0 saturated carbocycles. The van der Waals surface area contributed by atoms with Crippen molar-refractivity contribution in [3.8, 4) is 17.6 Å². The van der Waals surface area contributed by atoms with Crippen LogP contribution in [0.5, 0.6) is 5.75 Å². The van der Waals surface area contributed by atoms with E-state index in [-0.39, 0.29) is 30.7 Å². The van der Waals surface area contributed by atoms with E-state index >= 15 is 0 Å². The van der Waals surface area contributed by atoms with E-state index in [4.69, 9.17) is 16.3 Å². The molecule has 0 spiro atoms. The second-order valence-corrected chi connectivity index (χ2v) is 5.04. The van der Waals surface area contributed by atoms with Crippen LogP contribution >= 0.6 is 11.6 Å². The SMILES string of the molecule is CC(C)(CCl)C(=O)NCC#CCOc1ccccc1F. The van der Waals surface area contributed by atoms with Gasteiger partial charge in [0, 0.05) is 5.88 Å². The van der Waals surface area contributed by atoms with Crippen molar-refractivity contribution < 1.29 is 13.9 Å². The average molecular weight is 298 g/mol. The van der Waals surface area contributed by atoms with Gasteiger partial charge in [0.05, 0.1) is 12.0 Å². The first kappa shape index (κ1) is 16.3. The van der Waals surface area contributed by atoms with Gasteiger partial charge in [-0.25, -0.2) is 4.39 Å². The maximum Gasteiger partial charge on any atom is 0.227 e. The van der Waals surface area contributed by atoms with Crippen LogP contribution in [-0.4, -0.2) is 24.9 Å². The van der Waals surface area contributed by atoms with Crippen LogP contribution in [0.2, 0.25) is 0 Å². The second-order valence-electron chi connectivity index (χ2n) is 4.77. The number of hydrogen-bond acceptors (Lipinski definition) is 2. The number of ether oxygens (including phenoxy) is 1. The maximum atomic E-state index is 13.2. The molecule has 3 nitrogen and oxygen atoms in total. The molecular weight excluding hydrogens is 281 g/mol. The minimum atomic E-state index is -0.618. The molecule has 0 heterocycles. The number of carbonyl (C=O) groups is 1. The molecule has 0 radical (unpaired) electrons. The van der Waals surface area contributed by atoms with Gasteiger partial charge in [0.2, 0.25) is 5.91 Å². The van der Waals surface area contributed by atoms with Crippen LogP contribution in [0.1, 0.15) is 13.8 Å². The first-order valence-electron chi connectivity index (χ1n) is 6.14. The molecule has 1 N–H and O–H groups in total. The highest BCUT2D eigenvalue weighted by Crippen LogP contribution is 2.16. The molecule has 1 amide bonds. The van der Waals surface area contributed by atoms with E-state index in [1.807, 2.05) is 0 Å². The summed E-state index contributed by atoms with van der Waals surface area (Å²) in [6.45, 7) is 3.78. The fraction of sp³-hybridized carbons (Fsp3) is 0.400. The summed E-state index contributed by atoms with van der Waals surface area (Å²) in [5.74, 6) is 5.25. The summed E-state index contributed by atoms with van der Waals surface area (Å²) < 4.78 is 18.3. The van der Waals surface area contributed by atoms with Crippen molar-refractivity contribution in [1.29, 1.82) is 0 Å².